The molecule has 0 aliphatic rings. The predicted octanol–water partition coefficient (Wildman–Crippen LogP) is 2.06. The van der Waals surface area contributed by atoms with Crippen LogP contribution in [0.4, 0.5) is 0 Å². The lowest BCUT2D eigenvalue weighted by Gasteiger charge is -2.26. The summed E-state index contributed by atoms with van der Waals surface area (Å²) < 4.78 is 10.1. The van der Waals surface area contributed by atoms with Crippen LogP contribution in [-0.2, 0) is 19.1 Å². The molecule has 0 spiro atoms. The molecule has 1 atom stereocenters. The molecule has 0 heterocycles. The molecule has 0 fully saturated rings. The van der Waals surface area contributed by atoms with Crippen molar-refractivity contribution in [3.05, 3.63) is 0 Å². The number of rotatable bonds is 7. The molecule has 0 aliphatic carbocycles. The van der Waals surface area contributed by atoms with Gasteiger partial charge in [0.2, 0.25) is 0 Å². The van der Waals surface area contributed by atoms with Crippen molar-refractivity contribution in [1.29, 1.82) is 0 Å². The Balaban J connectivity index is 4.92. The molecule has 0 saturated carbocycles. The van der Waals surface area contributed by atoms with Crippen molar-refractivity contribution in [2.75, 3.05) is 0 Å². The predicted molar refractivity (Wildman–Crippen MR) is 71.5 cm³/mol. The van der Waals surface area contributed by atoms with Crippen LogP contribution >= 0.6 is 0 Å². The molecular formula is C14H26O5. The highest BCUT2D eigenvalue weighted by Crippen LogP contribution is 2.23. The number of ether oxygens (including phenoxy) is 2. The third-order valence-electron chi connectivity index (χ3n) is 2.68. The topological polar surface area (TPSA) is 72.8 Å². The van der Waals surface area contributed by atoms with Gasteiger partial charge in [-0.3, -0.25) is 9.59 Å². The molecule has 0 aliphatic heterocycles. The summed E-state index contributed by atoms with van der Waals surface area (Å²) in [7, 11) is 0. The van der Waals surface area contributed by atoms with Gasteiger partial charge in [-0.15, -0.1) is 0 Å². The Hall–Kier alpha value is -1.10. The Morgan fingerprint density at radius 2 is 1.42 bits per heavy atom. The zero-order valence-corrected chi connectivity index (χ0v) is 12.7. The number of aliphatic hydroxyl groups is 1. The zero-order chi connectivity index (χ0) is 15.2. The summed E-state index contributed by atoms with van der Waals surface area (Å²) >= 11 is 0. The Morgan fingerprint density at radius 1 is 1.05 bits per heavy atom. The van der Waals surface area contributed by atoms with Crippen LogP contribution < -0.4 is 0 Å². The van der Waals surface area contributed by atoms with Crippen LogP contribution in [0.1, 0.15) is 54.4 Å². The molecular weight excluding hydrogens is 248 g/mol. The molecule has 5 heteroatoms. The molecule has 1 N–H and O–H groups in total. The Kier molecular flexibility index (Phi) is 7.05. The molecule has 0 bridgehead atoms. The first kappa shape index (κ1) is 17.9. The molecule has 0 rings (SSSR count). The number of hydrogen-bond donors (Lipinski definition) is 1. The number of esters is 2. The molecule has 0 saturated heterocycles. The van der Waals surface area contributed by atoms with Crippen molar-refractivity contribution < 1.29 is 24.2 Å². The zero-order valence-electron chi connectivity index (χ0n) is 12.7. The summed E-state index contributed by atoms with van der Waals surface area (Å²) in [4.78, 5) is 23.9. The number of carbonyl (C=O) groups excluding carboxylic acids is 2. The number of hydrogen-bond acceptors (Lipinski definition) is 5. The first-order valence-electron chi connectivity index (χ1n) is 6.72. The van der Waals surface area contributed by atoms with E-state index >= 15 is 0 Å². The van der Waals surface area contributed by atoms with Gasteiger partial charge >= 0.3 is 11.9 Å². The molecule has 0 aromatic rings. The van der Waals surface area contributed by atoms with Crippen LogP contribution in [0, 0.1) is 5.92 Å². The lowest BCUT2D eigenvalue weighted by atomic mass is 9.90. The van der Waals surface area contributed by atoms with Crippen LogP contribution in [-0.4, -0.2) is 34.9 Å². The van der Waals surface area contributed by atoms with E-state index in [9.17, 15) is 14.7 Å². The van der Waals surface area contributed by atoms with Gasteiger partial charge in [-0.1, -0.05) is 6.92 Å². The summed E-state index contributed by atoms with van der Waals surface area (Å²) in [5.74, 6) is -2.37. The molecule has 0 aromatic heterocycles. The maximum Gasteiger partial charge on any atom is 0.320 e. The summed E-state index contributed by atoms with van der Waals surface area (Å²) in [6.45, 7) is 10.2. The van der Waals surface area contributed by atoms with Gasteiger partial charge in [0.05, 0.1) is 17.8 Å². The molecule has 112 valence electrons. The second-order valence-electron chi connectivity index (χ2n) is 5.58. The minimum Gasteiger partial charge on any atom is -0.462 e. The van der Waals surface area contributed by atoms with Gasteiger partial charge in [-0.25, -0.2) is 0 Å². The maximum atomic E-state index is 11.9. The third-order valence-corrected chi connectivity index (χ3v) is 2.68. The fraction of sp³-hybridized carbons (Fsp3) is 0.857. The summed E-state index contributed by atoms with van der Waals surface area (Å²) in [5.41, 5.74) is -1.10. The van der Waals surface area contributed by atoms with E-state index in [1.54, 1.807) is 41.5 Å². The van der Waals surface area contributed by atoms with Crippen LogP contribution in [0.2, 0.25) is 0 Å². The van der Waals surface area contributed by atoms with E-state index in [2.05, 4.69) is 0 Å². The van der Waals surface area contributed by atoms with E-state index in [0.29, 0.717) is 6.42 Å². The molecule has 0 radical (unpaired) electrons. The van der Waals surface area contributed by atoms with Crippen molar-refractivity contribution in [1.82, 2.24) is 0 Å². The highest BCUT2D eigenvalue weighted by atomic mass is 16.6. The SMILES string of the molecule is CCC(C)(O)CC(C(=O)OC(C)C)C(=O)OC(C)C. The Labute approximate surface area is 115 Å². The van der Waals surface area contributed by atoms with Crippen molar-refractivity contribution >= 4 is 11.9 Å². The molecule has 1 unspecified atom stereocenters. The normalized spacial score (nSPS) is 14.6. The highest BCUT2D eigenvalue weighted by Gasteiger charge is 2.36. The van der Waals surface area contributed by atoms with Gasteiger partial charge < -0.3 is 14.6 Å². The highest BCUT2D eigenvalue weighted by molar-refractivity contribution is 5.95. The molecule has 0 amide bonds. The van der Waals surface area contributed by atoms with E-state index < -0.39 is 23.5 Å². The summed E-state index contributed by atoms with van der Waals surface area (Å²) in [6, 6.07) is 0. The second kappa shape index (κ2) is 7.48. The van der Waals surface area contributed by atoms with Crippen molar-refractivity contribution in [2.45, 2.75) is 72.2 Å². The minimum absolute atomic E-state index is 0.000602. The third kappa shape index (κ3) is 7.15. The van der Waals surface area contributed by atoms with E-state index in [0.717, 1.165) is 0 Å². The summed E-state index contributed by atoms with van der Waals surface area (Å²) in [5, 5.41) is 10.0. The lowest BCUT2D eigenvalue weighted by Crippen LogP contribution is -2.38. The van der Waals surface area contributed by atoms with E-state index in [1.165, 1.54) is 0 Å². The summed E-state index contributed by atoms with van der Waals surface area (Å²) in [6.07, 6.45) is -0.185. The van der Waals surface area contributed by atoms with Crippen LogP contribution in [0.25, 0.3) is 0 Å². The Morgan fingerprint density at radius 3 is 1.68 bits per heavy atom. The van der Waals surface area contributed by atoms with E-state index in [1.807, 2.05) is 0 Å². The van der Waals surface area contributed by atoms with Gasteiger partial charge in [0, 0.05) is 0 Å². The number of carbonyl (C=O) groups is 2. The minimum atomic E-state index is -1.10. The smallest absolute Gasteiger partial charge is 0.320 e. The second-order valence-corrected chi connectivity index (χ2v) is 5.58. The first-order valence-corrected chi connectivity index (χ1v) is 6.72. The van der Waals surface area contributed by atoms with E-state index in [4.69, 9.17) is 9.47 Å². The standard InChI is InChI=1S/C14H26O5/c1-7-14(6,17)8-11(12(15)18-9(2)3)13(16)19-10(4)5/h9-11,17H,7-8H2,1-6H3. The van der Waals surface area contributed by atoms with Gasteiger partial charge in [0.1, 0.15) is 0 Å². The van der Waals surface area contributed by atoms with E-state index in [-0.39, 0.29) is 18.6 Å². The molecule has 5 nitrogen and oxygen atoms in total. The Bertz CT molecular complexity index is 285. The quantitative estimate of drug-likeness (QED) is 0.568. The maximum absolute atomic E-state index is 11.9. The average molecular weight is 274 g/mol. The largest absolute Gasteiger partial charge is 0.462 e. The molecule has 19 heavy (non-hydrogen) atoms. The van der Waals surface area contributed by atoms with Crippen molar-refractivity contribution in [3.63, 3.8) is 0 Å². The van der Waals surface area contributed by atoms with Crippen LogP contribution in [0.15, 0.2) is 0 Å². The average Bonchev–Trinajstić information content (AvgIpc) is 2.23. The van der Waals surface area contributed by atoms with Gasteiger partial charge in [-0.05, 0) is 47.5 Å². The fourth-order valence-corrected chi connectivity index (χ4v) is 1.48. The molecule has 0 aromatic carbocycles. The lowest BCUT2D eigenvalue weighted by molar-refractivity contribution is -0.169. The van der Waals surface area contributed by atoms with Crippen LogP contribution in [0.5, 0.6) is 0 Å². The first-order chi connectivity index (χ1) is 8.59. The van der Waals surface area contributed by atoms with Crippen molar-refractivity contribution in [2.24, 2.45) is 5.92 Å². The van der Waals surface area contributed by atoms with Gasteiger partial charge in [0.15, 0.2) is 5.92 Å². The monoisotopic (exact) mass is 274 g/mol. The van der Waals surface area contributed by atoms with Crippen LogP contribution in [0.3, 0.4) is 0 Å². The van der Waals surface area contributed by atoms with Gasteiger partial charge in [0.25, 0.3) is 0 Å². The van der Waals surface area contributed by atoms with Crippen molar-refractivity contribution in [3.8, 4) is 0 Å². The van der Waals surface area contributed by atoms with Gasteiger partial charge in [-0.2, -0.15) is 0 Å². The fourth-order valence-electron chi connectivity index (χ4n) is 1.48.